The molecule has 0 aliphatic heterocycles. The first-order valence-corrected chi connectivity index (χ1v) is 3.76. The van der Waals surface area contributed by atoms with Crippen LogP contribution in [0.1, 0.15) is 40.5 Å². The van der Waals surface area contributed by atoms with Gasteiger partial charge in [-0.25, -0.2) is 0 Å². The van der Waals surface area contributed by atoms with Crippen molar-refractivity contribution in [3.8, 4) is 0 Å². The molecule has 0 unspecified atom stereocenters. The lowest BCUT2D eigenvalue weighted by atomic mass is 9.88. The minimum Gasteiger partial charge on any atom is -0.0911 e. The molecule has 0 aromatic rings. The van der Waals surface area contributed by atoms with Crippen LogP contribution < -0.4 is 0 Å². The molecule has 0 radical (unpaired) electrons. The molecular formula is C9H18. The van der Waals surface area contributed by atoms with E-state index < -0.39 is 0 Å². The van der Waals surface area contributed by atoms with Crippen LogP contribution in [-0.2, 0) is 0 Å². The Balaban J connectivity index is 3.70. The molecule has 0 atom stereocenters. The first-order chi connectivity index (χ1) is 4.12. The Kier molecular flexibility index (Phi) is 3.60. The largest absolute Gasteiger partial charge is 0.0911 e. The highest BCUT2D eigenvalue weighted by Gasteiger charge is 2.10. The van der Waals surface area contributed by atoms with Crippen LogP contribution in [-0.4, -0.2) is 0 Å². The number of rotatable bonds is 3. The molecule has 54 valence electrons. The van der Waals surface area contributed by atoms with Crippen LogP contribution >= 0.6 is 0 Å². The fourth-order valence-electron chi connectivity index (χ4n) is 1.18. The maximum absolute atomic E-state index is 2.27. The molecule has 0 aliphatic rings. The lowest BCUT2D eigenvalue weighted by Gasteiger charge is -2.18. The van der Waals surface area contributed by atoms with Gasteiger partial charge in [0.25, 0.3) is 0 Å². The van der Waals surface area contributed by atoms with Crippen LogP contribution in [0.3, 0.4) is 0 Å². The van der Waals surface area contributed by atoms with Gasteiger partial charge in [-0.3, -0.25) is 0 Å². The van der Waals surface area contributed by atoms with E-state index in [1.54, 1.807) is 0 Å². The Bertz CT molecular complexity index is 88.2. The van der Waals surface area contributed by atoms with Crippen molar-refractivity contribution in [2.45, 2.75) is 40.5 Å². The molecule has 0 spiro atoms. The van der Waals surface area contributed by atoms with Gasteiger partial charge in [-0.2, -0.15) is 0 Å². The number of hydrogen-bond donors (Lipinski definition) is 0. The standard InChI is InChI=1S/C9H18/c1-5-7-9(3,4)8-6-2/h5,7H,6,8H2,1-4H3/b7-5+. The molecule has 0 aliphatic carbocycles. The summed E-state index contributed by atoms with van der Waals surface area (Å²) in [6, 6.07) is 0. The van der Waals surface area contributed by atoms with E-state index in [9.17, 15) is 0 Å². The predicted octanol–water partition coefficient (Wildman–Crippen LogP) is 3.39. The predicted molar refractivity (Wildman–Crippen MR) is 43.5 cm³/mol. The minimum absolute atomic E-state index is 0.420. The smallest absolute Gasteiger partial charge is 0.0175 e. The second-order valence-electron chi connectivity index (χ2n) is 3.24. The van der Waals surface area contributed by atoms with Gasteiger partial charge in [-0.05, 0) is 18.8 Å². The summed E-state index contributed by atoms with van der Waals surface area (Å²) in [4.78, 5) is 0. The summed E-state index contributed by atoms with van der Waals surface area (Å²) in [5, 5.41) is 0. The maximum atomic E-state index is 2.27. The van der Waals surface area contributed by atoms with Crippen LogP contribution in [0.15, 0.2) is 12.2 Å². The van der Waals surface area contributed by atoms with E-state index in [1.807, 2.05) is 0 Å². The molecule has 0 aromatic carbocycles. The number of allylic oxidation sites excluding steroid dienone is 2. The first kappa shape index (κ1) is 8.74. The summed E-state index contributed by atoms with van der Waals surface area (Å²) in [5.74, 6) is 0. The van der Waals surface area contributed by atoms with Crippen molar-refractivity contribution in [2.24, 2.45) is 5.41 Å². The molecule has 0 heteroatoms. The Morgan fingerprint density at radius 3 is 2.22 bits per heavy atom. The van der Waals surface area contributed by atoms with E-state index in [1.165, 1.54) is 12.8 Å². The third kappa shape index (κ3) is 4.26. The molecule has 0 saturated carbocycles. The van der Waals surface area contributed by atoms with Gasteiger partial charge in [0.1, 0.15) is 0 Å². The average molecular weight is 126 g/mol. The van der Waals surface area contributed by atoms with Crippen LogP contribution in [0.25, 0.3) is 0 Å². The van der Waals surface area contributed by atoms with Crippen LogP contribution in [0.4, 0.5) is 0 Å². The molecule has 0 heterocycles. The lowest BCUT2D eigenvalue weighted by molar-refractivity contribution is 0.431. The monoisotopic (exact) mass is 126 g/mol. The SMILES string of the molecule is C/C=C/C(C)(C)CCC. The normalized spacial score (nSPS) is 12.9. The summed E-state index contributed by atoms with van der Waals surface area (Å²) in [6.45, 7) is 8.86. The molecule has 9 heavy (non-hydrogen) atoms. The van der Waals surface area contributed by atoms with E-state index >= 15 is 0 Å². The zero-order chi connectivity index (χ0) is 7.33. The summed E-state index contributed by atoms with van der Waals surface area (Å²) >= 11 is 0. The fraction of sp³-hybridized carbons (Fsp3) is 0.778. The Labute approximate surface area is 59.0 Å². The van der Waals surface area contributed by atoms with Gasteiger partial charge in [0.05, 0.1) is 0 Å². The van der Waals surface area contributed by atoms with Crippen molar-refractivity contribution in [1.29, 1.82) is 0 Å². The van der Waals surface area contributed by atoms with Crippen LogP contribution in [0, 0.1) is 5.41 Å². The Hall–Kier alpha value is -0.260. The van der Waals surface area contributed by atoms with Crippen molar-refractivity contribution < 1.29 is 0 Å². The van der Waals surface area contributed by atoms with Gasteiger partial charge in [0.15, 0.2) is 0 Å². The zero-order valence-electron chi connectivity index (χ0n) is 7.07. The molecule has 0 aromatic heterocycles. The van der Waals surface area contributed by atoms with Gasteiger partial charge < -0.3 is 0 Å². The zero-order valence-corrected chi connectivity index (χ0v) is 7.07. The molecule has 0 N–H and O–H groups in total. The van der Waals surface area contributed by atoms with E-state index in [0.717, 1.165) is 0 Å². The van der Waals surface area contributed by atoms with Gasteiger partial charge in [-0.15, -0.1) is 0 Å². The highest BCUT2D eigenvalue weighted by atomic mass is 14.1. The maximum Gasteiger partial charge on any atom is -0.0175 e. The summed E-state index contributed by atoms with van der Waals surface area (Å²) < 4.78 is 0. The molecule has 0 fully saturated rings. The molecule has 0 nitrogen and oxygen atoms in total. The minimum atomic E-state index is 0.420. The van der Waals surface area contributed by atoms with Crippen LogP contribution in [0.2, 0.25) is 0 Å². The quantitative estimate of drug-likeness (QED) is 0.508. The van der Waals surface area contributed by atoms with Crippen LogP contribution in [0.5, 0.6) is 0 Å². The van der Waals surface area contributed by atoms with E-state index in [4.69, 9.17) is 0 Å². The third-order valence-corrected chi connectivity index (χ3v) is 1.51. The fourth-order valence-corrected chi connectivity index (χ4v) is 1.18. The summed E-state index contributed by atoms with van der Waals surface area (Å²) in [6.07, 6.45) is 6.97. The van der Waals surface area contributed by atoms with Crippen molar-refractivity contribution >= 4 is 0 Å². The van der Waals surface area contributed by atoms with E-state index in [2.05, 4.69) is 39.8 Å². The Morgan fingerprint density at radius 2 is 1.89 bits per heavy atom. The van der Waals surface area contributed by atoms with Crippen molar-refractivity contribution in [2.75, 3.05) is 0 Å². The second kappa shape index (κ2) is 3.71. The van der Waals surface area contributed by atoms with E-state index in [-0.39, 0.29) is 0 Å². The highest BCUT2D eigenvalue weighted by molar-refractivity contribution is 4.92. The summed E-state index contributed by atoms with van der Waals surface area (Å²) in [5.41, 5.74) is 0.420. The molecular weight excluding hydrogens is 108 g/mol. The molecule has 0 saturated heterocycles. The van der Waals surface area contributed by atoms with Gasteiger partial charge in [0, 0.05) is 0 Å². The molecule has 0 bridgehead atoms. The Morgan fingerprint density at radius 1 is 1.33 bits per heavy atom. The van der Waals surface area contributed by atoms with E-state index in [0.29, 0.717) is 5.41 Å². The molecule has 0 amide bonds. The second-order valence-corrected chi connectivity index (χ2v) is 3.24. The van der Waals surface area contributed by atoms with Crippen molar-refractivity contribution in [3.63, 3.8) is 0 Å². The average Bonchev–Trinajstić information content (AvgIpc) is 1.64. The third-order valence-electron chi connectivity index (χ3n) is 1.51. The van der Waals surface area contributed by atoms with Gasteiger partial charge in [0.2, 0.25) is 0 Å². The summed E-state index contributed by atoms with van der Waals surface area (Å²) in [7, 11) is 0. The highest BCUT2D eigenvalue weighted by Crippen LogP contribution is 2.23. The molecule has 0 rings (SSSR count). The van der Waals surface area contributed by atoms with Crippen molar-refractivity contribution in [3.05, 3.63) is 12.2 Å². The number of hydrogen-bond acceptors (Lipinski definition) is 0. The first-order valence-electron chi connectivity index (χ1n) is 3.76. The lowest BCUT2D eigenvalue weighted by Crippen LogP contribution is -2.05. The van der Waals surface area contributed by atoms with Gasteiger partial charge >= 0.3 is 0 Å². The topological polar surface area (TPSA) is 0 Å². The van der Waals surface area contributed by atoms with Gasteiger partial charge in [-0.1, -0.05) is 39.3 Å². The van der Waals surface area contributed by atoms with Crippen molar-refractivity contribution in [1.82, 2.24) is 0 Å².